The maximum absolute atomic E-state index is 5.79. The average Bonchev–Trinajstić information content (AvgIpc) is 3.02. The molecule has 0 unspecified atom stereocenters. The van der Waals surface area contributed by atoms with Gasteiger partial charge in [-0.1, -0.05) is 0 Å². The van der Waals surface area contributed by atoms with E-state index in [4.69, 9.17) is 16.0 Å². The number of halogens is 1. The second kappa shape index (κ2) is 5.45. The zero-order chi connectivity index (χ0) is 12.4. The Hall–Kier alpha value is -0.800. The van der Waals surface area contributed by atoms with E-state index in [1.54, 1.807) is 0 Å². The van der Waals surface area contributed by atoms with Gasteiger partial charge in [0.15, 0.2) is 11.7 Å². The minimum absolute atomic E-state index is 0.658. The third-order valence-electron chi connectivity index (χ3n) is 3.32. The summed E-state index contributed by atoms with van der Waals surface area (Å²) < 4.78 is 5.79. The van der Waals surface area contributed by atoms with Gasteiger partial charge in [-0.2, -0.15) is 0 Å². The van der Waals surface area contributed by atoms with Crippen molar-refractivity contribution in [3.63, 3.8) is 0 Å². The number of thiophene rings is 1. The molecule has 0 saturated heterocycles. The Morgan fingerprint density at radius 3 is 3.06 bits per heavy atom. The number of nitrogens with zero attached hydrogens (tertiary/aromatic N) is 1. The van der Waals surface area contributed by atoms with Crippen molar-refractivity contribution in [3.8, 4) is 10.6 Å². The molecule has 96 valence electrons. The second-order valence-corrected chi connectivity index (χ2v) is 6.19. The fourth-order valence-electron chi connectivity index (χ4n) is 2.37. The van der Waals surface area contributed by atoms with Gasteiger partial charge in [0.05, 0.1) is 11.1 Å². The summed E-state index contributed by atoms with van der Waals surface area (Å²) >= 11 is 7.54. The lowest BCUT2D eigenvalue weighted by molar-refractivity contribution is 0.504. The van der Waals surface area contributed by atoms with Gasteiger partial charge >= 0.3 is 0 Å². The molecule has 4 heteroatoms. The number of rotatable bonds is 4. The first-order valence-electron chi connectivity index (χ1n) is 6.49. The van der Waals surface area contributed by atoms with Gasteiger partial charge in [-0.05, 0) is 43.7 Å². The van der Waals surface area contributed by atoms with Crippen molar-refractivity contribution in [2.24, 2.45) is 0 Å². The van der Waals surface area contributed by atoms with Gasteiger partial charge in [0, 0.05) is 17.2 Å². The summed E-state index contributed by atoms with van der Waals surface area (Å²) in [7, 11) is 0. The quantitative estimate of drug-likeness (QED) is 0.774. The predicted octanol–water partition coefficient (Wildman–Crippen LogP) is 4.45. The van der Waals surface area contributed by atoms with Crippen LogP contribution in [0.3, 0.4) is 0 Å². The molecule has 2 heterocycles. The first-order valence-corrected chi connectivity index (χ1v) is 7.84. The van der Waals surface area contributed by atoms with Gasteiger partial charge in [-0.15, -0.1) is 22.9 Å². The van der Waals surface area contributed by atoms with E-state index >= 15 is 0 Å². The van der Waals surface area contributed by atoms with Gasteiger partial charge in [0.25, 0.3) is 0 Å². The van der Waals surface area contributed by atoms with Crippen molar-refractivity contribution < 1.29 is 4.42 Å². The van der Waals surface area contributed by atoms with Crippen LogP contribution in [0.5, 0.6) is 0 Å². The standard InChI is InChI=1S/C14H16ClNOS/c15-7-3-6-14-16-9-11(17-14)13-8-10-4-1-2-5-12(10)18-13/h8-9H,1-7H2. The van der Waals surface area contributed by atoms with Crippen molar-refractivity contribution in [2.75, 3.05) is 5.88 Å². The molecule has 0 aliphatic heterocycles. The molecule has 0 aromatic carbocycles. The largest absolute Gasteiger partial charge is 0.440 e. The Balaban J connectivity index is 1.81. The van der Waals surface area contributed by atoms with Crippen LogP contribution >= 0.6 is 22.9 Å². The van der Waals surface area contributed by atoms with Gasteiger partial charge in [0.2, 0.25) is 0 Å². The summed E-state index contributed by atoms with van der Waals surface area (Å²) in [5.41, 5.74) is 1.51. The lowest BCUT2D eigenvalue weighted by Crippen LogP contribution is -1.96. The fourth-order valence-corrected chi connectivity index (χ4v) is 3.70. The molecule has 0 N–H and O–H groups in total. The number of aryl methyl sites for hydroxylation is 3. The number of alkyl halides is 1. The SMILES string of the molecule is ClCCCc1ncc(-c2cc3c(s2)CCCC3)o1. The van der Waals surface area contributed by atoms with Gasteiger partial charge in [-0.25, -0.2) is 4.98 Å². The molecular weight excluding hydrogens is 266 g/mol. The van der Waals surface area contributed by atoms with Gasteiger partial charge in [0.1, 0.15) is 0 Å². The molecule has 0 atom stereocenters. The Kier molecular flexibility index (Phi) is 3.71. The molecule has 2 aromatic rings. The number of fused-ring (bicyclic) bond motifs is 1. The molecule has 0 fully saturated rings. The summed E-state index contributed by atoms with van der Waals surface area (Å²) in [4.78, 5) is 7.08. The summed E-state index contributed by atoms with van der Waals surface area (Å²) in [6.07, 6.45) is 8.69. The van der Waals surface area contributed by atoms with Gasteiger partial charge in [-0.3, -0.25) is 0 Å². The van der Waals surface area contributed by atoms with Crippen LogP contribution in [0.1, 0.15) is 35.6 Å². The summed E-state index contributed by atoms with van der Waals surface area (Å²) in [5.74, 6) is 2.38. The Morgan fingerprint density at radius 1 is 1.33 bits per heavy atom. The maximum Gasteiger partial charge on any atom is 0.194 e. The Morgan fingerprint density at radius 2 is 2.22 bits per heavy atom. The van der Waals surface area contributed by atoms with Crippen LogP contribution in [0, 0.1) is 0 Å². The molecule has 0 bridgehead atoms. The van der Waals surface area contributed by atoms with E-state index in [1.807, 2.05) is 17.5 Å². The van der Waals surface area contributed by atoms with Gasteiger partial charge < -0.3 is 4.42 Å². The highest BCUT2D eigenvalue weighted by molar-refractivity contribution is 7.15. The summed E-state index contributed by atoms with van der Waals surface area (Å²) in [6.45, 7) is 0. The molecule has 1 aliphatic rings. The number of oxazole rings is 1. The van der Waals surface area contributed by atoms with E-state index in [0.29, 0.717) is 5.88 Å². The number of hydrogen-bond donors (Lipinski definition) is 0. The third-order valence-corrected chi connectivity index (χ3v) is 4.84. The minimum Gasteiger partial charge on any atom is -0.440 e. The lowest BCUT2D eigenvalue weighted by atomic mass is 9.99. The average molecular weight is 282 g/mol. The smallest absolute Gasteiger partial charge is 0.194 e. The molecule has 1 aliphatic carbocycles. The Labute approximate surface area is 116 Å². The van der Waals surface area contributed by atoms with Crippen LogP contribution in [-0.4, -0.2) is 10.9 Å². The van der Waals surface area contributed by atoms with Crippen LogP contribution in [0.4, 0.5) is 0 Å². The Bertz CT molecular complexity index is 508. The van der Waals surface area contributed by atoms with Crippen LogP contribution in [0.25, 0.3) is 10.6 Å². The predicted molar refractivity (Wildman–Crippen MR) is 75.5 cm³/mol. The second-order valence-electron chi connectivity index (χ2n) is 4.68. The first-order chi connectivity index (χ1) is 8.86. The van der Waals surface area contributed by atoms with E-state index < -0.39 is 0 Å². The molecule has 2 aromatic heterocycles. The molecule has 0 saturated carbocycles. The maximum atomic E-state index is 5.79. The topological polar surface area (TPSA) is 26.0 Å². The van der Waals surface area contributed by atoms with E-state index in [1.165, 1.54) is 41.0 Å². The van der Waals surface area contributed by atoms with E-state index in [9.17, 15) is 0 Å². The zero-order valence-electron chi connectivity index (χ0n) is 10.2. The zero-order valence-corrected chi connectivity index (χ0v) is 11.8. The summed E-state index contributed by atoms with van der Waals surface area (Å²) in [6, 6.07) is 2.28. The fraction of sp³-hybridized carbons (Fsp3) is 0.500. The van der Waals surface area contributed by atoms with Crippen molar-refractivity contribution in [3.05, 3.63) is 28.6 Å². The molecular formula is C14H16ClNOS. The van der Waals surface area contributed by atoms with Crippen LogP contribution < -0.4 is 0 Å². The van der Waals surface area contributed by atoms with Crippen LogP contribution in [0.2, 0.25) is 0 Å². The van der Waals surface area contributed by atoms with Crippen molar-refractivity contribution in [1.29, 1.82) is 0 Å². The molecule has 2 nitrogen and oxygen atoms in total. The highest BCUT2D eigenvalue weighted by Crippen LogP contribution is 2.35. The highest BCUT2D eigenvalue weighted by atomic mass is 35.5. The number of aromatic nitrogens is 1. The normalized spacial score (nSPS) is 14.7. The van der Waals surface area contributed by atoms with E-state index in [-0.39, 0.29) is 0 Å². The molecule has 18 heavy (non-hydrogen) atoms. The highest BCUT2D eigenvalue weighted by Gasteiger charge is 2.16. The first kappa shape index (κ1) is 12.2. The summed E-state index contributed by atoms with van der Waals surface area (Å²) in [5, 5.41) is 0. The third kappa shape index (κ3) is 2.47. The van der Waals surface area contributed by atoms with Crippen molar-refractivity contribution in [2.45, 2.75) is 38.5 Å². The van der Waals surface area contributed by atoms with E-state index in [0.717, 1.165) is 24.5 Å². The van der Waals surface area contributed by atoms with Crippen molar-refractivity contribution >= 4 is 22.9 Å². The van der Waals surface area contributed by atoms with Crippen LogP contribution in [0.15, 0.2) is 16.7 Å². The molecule has 3 rings (SSSR count). The molecule has 0 amide bonds. The lowest BCUT2D eigenvalue weighted by Gasteiger charge is -2.08. The molecule has 0 radical (unpaired) electrons. The minimum atomic E-state index is 0.658. The van der Waals surface area contributed by atoms with Crippen LogP contribution in [-0.2, 0) is 19.3 Å². The van der Waals surface area contributed by atoms with Crippen molar-refractivity contribution in [1.82, 2.24) is 4.98 Å². The molecule has 0 spiro atoms. The monoisotopic (exact) mass is 281 g/mol. The number of hydrogen-bond acceptors (Lipinski definition) is 3. The van der Waals surface area contributed by atoms with E-state index in [2.05, 4.69) is 11.1 Å².